The van der Waals surface area contributed by atoms with Crippen LogP contribution in [0.2, 0.25) is 0 Å². The summed E-state index contributed by atoms with van der Waals surface area (Å²) in [5.74, 6) is 0.351. The van der Waals surface area contributed by atoms with Crippen molar-refractivity contribution in [3.8, 4) is 5.75 Å². The number of carbonyl (C=O) groups excluding carboxylic acids is 1. The molecule has 0 aliphatic rings. The quantitative estimate of drug-likeness (QED) is 0.598. The normalized spacial score (nSPS) is 10.4. The Hall–Kier alpha value is -2.86. The Morgan fingerprint density at radius 2 is 1.85 bits per heavy atom. The number of aryl methyl sites for hydroxylation is 1. The van der Waals surface area contributed by atoms with Gasteiger partial charge in [-0.2, -0.15) is 0 Å². The molecule has 3 rings (SSSR count). The molecule has 0 amide bonds. The lowest BCUT2D eigenvalue weighted by Gasteiger charge is -2.05. The molecule has 1 N–H and O–H groups in total. The van der Waals surface area contributed by atoms with E-state index in [1.165, 1.54) is 16.9 Å². The first kappa shape index (κ1) is 17.9. The number of hydrogen-bond donors (Lipinski definition) is 1. The molecule has 0 saturated carbocycles. The van der Waals surface area contributed by atoms with Gasteiger partial charge in [0.2, 0.25) is 0 Å². The van der Waals surface area contributed by atoms with Crippen LogP contribution in [0, 0.1) is 6.92 Å². The van der Waals surface area contributed by atoms with Crippen molar-refractivity contribution in [1.29, 1.82) is 0 Å². The molecular formula is C20H20N2O3S. The maximum atomic E-state index is 12.1. The van der Waals surface area contributed by atoms with Gasteiger partial charge in [0.15, 0.2) is 5.13 Å². The number of ether oxygens (including phenoxy) is 2. The molecule has 3 aromatic rings. The summed E-state index contributed by atoms with van der Waals surface area (Å²) in [7, 11) is 0. The highest BCUT2D eigenvalue weighted by atomic mass is 32.1. The molecule has 0 spiro atoms. The van der Waals surface area contributed by atoms with Gasteiger partial charge in [-0.3, -0.25) is 0 Å². The van der Waals surface area contributed by atoms with Crippen molar-refractivity contribution < 1.29 is 14.3 Å². The summed E-state index contributed by atoms with van der Waals surface area (Å²) in [6, 6.07) is 15.0. The third-order valence-electron chi connectivity index (χ3n) is 3.61. The molecule has 0 saturated heterocycles. The zero-order valence-corrected chi connectivity index (χ0v) is 15.5. The molecule has 0 bridgehead atoms. The molecule has 0 aliphatic carbocycles. The molecule has 0 radical (unpaired) electrons. The van der Waals surface area contributed by atoms with Crippen LogP contribution >= 0.6 is 11.3 Å². The number of aromatic nitrogens is 1. The monoisotopic (exact) mass is 368 g/mol. The van der Waals surface area contributed by atoms with Gasteiger partial charge >= 0.3 is 5.97 Å². The second kappa shape index (κ2) is 8.49. The van der Waals surface area contributed by atoms with Gasteiger partial charge in [0, 0.05) is 11.1 Å². The van der Waals surface area contributed by atoms with Crippen molar-refractivity contribution in [1.82, 2.24) is 4.98 Å². The molecular weight excluding hydrogens is 348 g/mol. The van der Waals surface area contributed by atoms with Crippen LogP contribution in [0.25, 0.3) is 0 Å². The van der Waals surface area contributed by atoms with E-state index < -0.39 is 0 Å². The van der Waals surface area contributed by atoms with E-state index >= 15 is 0 Å². The molecule has 134 valence electrons. The third kappa shape index (κ3) is 4.83. The molecule has 6 heteroatoms. The maximum Gasteiger partial charge on any atom is 0.338 e. The molecule has 1 aromatic heterocycles. The van der Waals surface area contributed by atoms with Gasteiger partial charge in [0.25, 0.3) is 0 Å². The lowest BCUT2D eigenvalue weighted by molar-refractivity contribution is 0.0468. The van der Waals surface area contributed by atoms with Crippen molar-refractivity contribution in [3.63, 3.8) is 0 Å². The molecule has 0 aliphatic heterocycles. The van der Waals surface area contributed by atoms with Crippen molar-refractivity contribution in [2.24, 2.45) is 0 Å². The average molecular weight is 368 g/mol. The number of anilines is 2. The number of nitrogens with zero attached hydrogens (tertiary/aromatic N) is 1. The number of esters is 1. The number of carbonyl (C=O) groups is 1. The minimum atomic E-state index is -0.380. The van der Waals surface area contributed by atoms with Crippen LogP contribution < -0.4 is 10.1 Å². The topological polar surface area (TPSA) is 60.5 Å². The summed E-state index contributed by atoms with van der Waals surface area (Å²) in [5, 5.41) is 5.88. The summed E-state index contributed by atoms with van der Waals surface area (Å²) in [6.07, 6.45) is 0. The lowest BCUT2D eigenvalue weighted by atomic mass is 10.2. The first-order chi connectivity index (χ1) is 12.6. The van der Waals surface area contributed by atoms with Crippen LogP contribution in [0.4, 0.5) is 10.8 Å². The highest BCUT2D eigenvalue weighted by Crippen LogP contribution is 2.22. The SMILES string of the molecule is CCOc1ccc(C(=O)OCc2csc(Nc3ccc(C)cc3)n2)cc1. The molecule has 0 unspecified atom stereocenters. The van der Waals surface area contributed by atoms with Crippen molar-refractivity contribution in [3.05, 3.63) is 70.7 Å². The van der Waals surface area contributed by atoms with E-state index in [-0.39, 0.29) is 12.6 Å². The maximum absolute atomic E-state index is 12.1. The molecule has 2 aromatic carbocycles. The van der Waals surface area contributed by atoms with Crippen LogP contribution in [0.5, 0.6) is 5.75 Å². The first-order valence-corrected chi connectivity index (χ1v) is 9.20. The standard InChI is InChI=1S/C20H20N2O3S/c1-3-24-18-10-6-15(7-11-18)19(23)25-12-17-13-26-20(22-17)21-16-8-4-14(2)5-9-16/h4-11,13H,3,12H2,1-2H3,(H,21,22). The van der Waals surface area contributed by atoms with Gasteiger partial charge in [0.1, 0.15) is 12.4 Å². The fourth-order valence-corrected chi connectivity index (χ4v) is 2.98. The van der Waals surface area contributed by atoms with E-state index in [1.807, 2.05) is 43.5 Å². The average Bonchev–Trinajstić information content (AvgIpc) is 3.10. The fourth-order valence-electron chi connectivity index (χ4n) is 2.27. The molecule has 1 heterocycles. The number of hydrogen-bond acceptors (Lipinski definition) is 6. The second-order valence-electron chi connectivity index (χ2n) is 5.67. The summed E-state index contributed by atoms with van der Waals surface area (Å²) in [4.78, 5) is 16.6. The number of nitrogens with one attached hydrogen (secondary N) is 1. The predicted octanol–water partition coefficient (Wildman–Crippen LogP) is 4.95. The van der Waals surface area contributed by atoms with Crippen molar-refractivity contribution in [2.75, 3.05) is 11.9 Å². The van der Waals surface area contributed by atoms with Crippen LogP contribution in [-0.4, -0.2) is 17.6 Å². The van der Waals surface area contributed by atoms with Gasteiger partial charge in [-0.25, -0.2) is 9.78 Å². The van der Waals surface area contributed by atoms with Crippen LogP contribution in [0.3, 0.4) is 0 Å². The molecule has 0 fully saturated rings. The van der Waals surface area contributed by atoms with Crippen molar-refractivity contribution in [2.45, 2.75) is 20.5 Å². The smallest absolute Gasteiger partial charge is 0.338 e. The highest BCUT2D eigenvalue weighted by Gasteiger charge is 2.09. The Balaban J connectivity index is 1.54. The first-order valence-electron chi connectivity index (χ1n) is 8.32. The number of benzene rings is 2. The summed E-state index contributed by atoms with van der Waals surface area (Å²) in [5.41, 5.74) is 3.38. The Bertz CT molecular complexity index is 858. The van der Waals surface area contributed by atoms with Crippen molar-refractivity contribution >= 4 is 28.1 Å². The minimum Gasteiger partial charge on any atom is -0.494 e. The Morgan fingerprint density at radius 3 is 2.54 bits per heavy atom. The highest BCUT2D eigenvalue weighted by molar-refractivity contribution is 7.13. The lowest BCUT2D eigenvalue weighted by Crippen LogP contribution is -2.05. The second-order valence-corrected chi connectivity index (χ2v) is 6.53. The minimum absolute atomic E-state index is 0.137. The van der Waals surface area contributed by atoms with Crippen LogP contribution in [0.1, 0.15) is 28.5 Å². The van der Waals surface area contributed by atoms with Gasteiger partial charge in [-0.15, -0.1) is 11.3 Å². The number of rotatable bonds is 7. The van der Waals surface area contributed by atoms with Crippen LogP contribution in [-0.2, 0) is 11.3 Å². The predicted molar refractivity (Wildman–Crippen MR) is 103 cm³/mol. The van der Waals surface area contributed by atoms with Crippen LogP contribution in [0.15, 0.2) is 53.9 Å². The largest absolute Gasteiger partial charge is 0.494 e. The summed E-state index contributed by atoms with van der Waals surface area (Å²) < 4.78 is 10.7. The summed E-state index contributed by atoms with van der Waals surface area (Å²) >= 11 is 1.47. The van der Waals surface area contributed by atoms with E-state index in [0.717, 1.165) is 16.6 Å². The van der Waals surface area contributed by atoms with Gasteiger partial charge < -0.3 is 14.8 Å². The Morgan fingerprint density at radius 1 is 1.12 bits per heavy atom. The molecule has 0 atom stereocenters. The Kier molecular flexibility index (Phi) is 5.86. The number of thiazole rings is 1. The molecule has 26 heavy (non-hydrogen) atoms. The van der Waals surface area contributed by atoms with Gasteiger partial charge in [-0.1, -0.05) is 17.7 Å². The zero-order chi connectivity index (χ0) is 18.4. The van der Waals surface area contributed by atoms with E-state index in [9.17, 15) is 4.79 Å². The zero-order valence-electron chi connectivity index (χ0n) is 14.7. The van der Waals surface area contributed by atoms with E-state index in [0.29, 0.717) is 17.9 Å². The van der Waals surface area contributed by atoms with Gasteiger partial charge in [-0.05, 0) is 50.2 Å². The Labute approximate surface area is 156 Å². The fraction of sp³-hybridized carbons (Fsp3) is 0.200. The van der Waals surface area contributed by atoms with E-state index in [4.69, 9.17) is 9.47 Å². The summed E-state index contributed by atoms with van der Waals surface area (Å²) in [6.45, 7) is 4.69. The molecule has 5 nitrogen and oxygen atoms in total. The van der Waals surface area contributed by atoms with E-state index in [1.54, 1.807) is 24.3 Å². The third-order valence-corrected chi connectivity index (χ3v) is 4.41. The van der Waals surface area contributed by atoms with Gasteiger partial charge in [0.05, 0.1) is 17.9 Å². The van der Waals surface area contributed by atoms with E-state index in [2.05, 4.69) is 10.3 Å².